The Morgan fingerprint density at radius 1 is 1.50 bits per heavy atom. The molecule has 0 N–H and O–H groups in total. The number of nitriles is 1. The minimum atomic E-state index is 0.713. The molecule has 0 amide bonds. The third kappa shape index (κ3) is 2.50. The van der Waals surface area contributed by atoms with Crippen molar-refractivity contribution < 1.29 is 0 Å². The van der Waals surface area contributed by atoms with Crippen LogP contribution < -0.4 is 4.90 Å². The Morgan fingerprint density at radius 3 is 2.86 bits per heavy atom. The van der Waals surface area contributed by atoms with E-state index < -0.39 is 0 Å². The van der Waals surface area contributed by atoms with E-state index in [0.29, 0.717) is 5.56 Å². The van der Waals surface area contributed by atoms with Crippen LogP contribution in [0.2, 0.25) is 0 Å². The lowest BCUT2D eigenvalue weighted by Crippen LogP contribution is -2.23. The Bertz CT molecular complexity index is 325. The van der Waals surface area contributed by atoms with Gasteiger partial charge in [-0.05, 0) is 31.5 Å². The summed E-state index contributed by atoms with van der Waals surface area (Å²) in [7, 11) is 0. The average Bonchev–Trinajstić information content (AvgIpc) is 2.26. The fourth-order valence-electron chi connectivity index (χ4n) is 1.43. The molecule has 0 bridgehead atoms. The molecule has 0 aliphatic heterocycles. The predicted molar refractivity (Wildman–Crippen MR) is 59.0 cm³/mol. The second kappa shape index (κ2) is 5.29. The highest BCUT2D eigenvalue weighted by Gasteiger charge is 2.02. The zero-order chi connectivity index (χ0) is 10.4. The first-order valence-electron chi connectivity index (χ1n) is 4.86. The number of hydrogen-bond donors (Lipinski definition) is 0. The first kappa shape index (κ1) is 10.6. The van der Waals surface area contributed by atoms with Crippen molar-refractivity contribution >= 4 is 5.69 Å². The third-order valence-corrected chi connectivity index (χ3v) is 2.15. The zero-order valence-electron chi connectivity index (χ0n) is 8.53. The number of hydrogen-bond acceptors (Lipinski definition) is 2. The number of benzene rings is 1. The van der Waals surface area contributed by atoms with Gasteiger partial charge in [0.1, 0.15) is 0 Å². The standard InChI is InChI=1S/C12H15N2/c1-3-8-14(4-2)12-7-5-6-11(9-12)10-13/h5-7,9H,1,3-4,8H2,2H3. The van der Waals surface area contributed by atoms with E-state index in [1.54, 1.807) is 0 Å². The molecule has 0 unspecified atom stereocenters. The smallest absolute Gasteiger partial charge is 0.0992 e. The molecule has 1 aromatic rings. The second-order valence-electron chi connectivity index (χ2n) is 3.10. The van der Waals surface area contributed by atoms with Gasteiger partial charge in [0, 0.05) is 18.8 Å². The minimum Gasteiger partial charge on any atom is -0.372 e. The highest BCUT2D eigenvalue weighted by molar-refractivity contribution is 5.51. The summed E-state index contributed by atoms with van der Waals surface area (Å²) >= 11 is 0. The number of anilines is 1. The number of rotatable bonds is 4. The minimum absolute atomic E-state index is 0.713. The molecule has 1 radical (unpaired) electrons. The summed E-state index contributed by atoms with van der Waals surface area (Å²) in [5.74, 6) is 0. The van der Waals surface area contributed by atoms with Crippen LogP contribution in [0.1, 0.15) is 18.9 Å². The van der Waals surface area contributed by atoms with Gasteiger partial charge < -0.3 is 4.90 Å². The average molecular weight is 187 g/mol. The van der Waals surface area contributed by atoms with Crippen molar-refractivity contribution in [3.05, 3.63) is 36.8 Å². The van der Waals surface area contributed by atoms with Crippen LogP contribution in [0.4, 0.5) is 5.69 Å². The molecule has 0 heterocycles. The van der Waals surface area contributed by atoms with Gasteiger partial charge in [0.2, 0.25) is 0 Å². The quantitative estimate of drug-likeness (QED) is 0.724. The monoisotopic (exact) mass is 187 g/mol. The van der Waals surface area contributed by atoms with E-state index in [1.165, 1.54) is 0 Å². The van der Waals surface area contributed by atoms with Gasteiger partial charge in [0.15, 0.2) is 0 Å². The van der Waals surface area contributed by atoms with Crippen LogP contribution in [0.3, 0.4) is 0 Å². The number of nitrogens with zero attached hydrogens (tertiary/aromatic N) is 2. The lowest BCUT2D eigenvalue weighted by molar-refractivity contribution is 0.821. The van der Waals surface area contributed by atoms with Crippen molar-refractivity contribution in [1.82, 2.24) is 0 Å². The van der Waals surface area contributed by atoms with Crippen LogP contribution in [-0.2, 0) is 0 Å². The van der Waals surface area contributed by atoms with Crippen LogP contribution in [-0.4, -0.2) is 13.1 Å². The molecule has 0 atom stereocenters. The molecule has 73 valence electrons. The molecule has 0 saturated carbocycles. The van der Waals surface area contributed by atoms with Gasteiger partial charge in [-0.15, -0.1) is 0 Å². The Labute approximate surface area is 85.8 Å². The summed E-state index contributed by atoms with van der Waals surface area (Å²) in [6, 6.07) is 9.83. The van der Waals surface area contributed by atoms with Crippen molar-refractivity contribution in [2.45, 2.75) is 13.3 Å². The van der Waals surface area contributed by atoms with Crippen LogP contribution in [0.5, 0.6) is 0 Å². The van der Waals surface area contributed by atoms with Crippen LogP contribution in [0.15, 0.2) is 24.3 Å². The Hall–Kier alpha value is -1.49. The molecule has 14 heavy (non-hydrogen) atoms. The molecule has 0 spiro atoms. The zero-order valence-corrected chi connectivity index (χ0v) is 8.53. The van der Waals surface area contributed by atoms with Crippen molar-refractivity contribution in [2.75, 3.05) is 18.0 Å². The Morgan fingerprint density at radius 2 is 2.29 bits per heavy atom. The van der Waals surface area contributed by atoms with Crippen molar-refractivity contribution in [1.29, 1.82) is 5.26 Å². The molecule has 0 aliphatic carbocycles. The molecular formula is C12H15N2. The molecule has 1 rings (SSSR count). The van der Waals surface area contributed by atoms with Gasteiger partial charge in [-0.25, -0.2) is 0 Å². The maximum absolute atomic E-state index is 8.77. The highest BCUT2D eigenvalue weighted by Crippen LogP contribution is 2.15. The van der Waals surface area contributed by atoms with E-state index in [-0.39, 0.29) is 0 Å². The van der Waals surface area contributed by atoms with E-state index in [4.69, 9.17) is 5.26 Å². The van der Waals surface area contributed by atoms with Gasteiger partial charge >= 0.3 is 0 Å². The molecule has 0 saturated heterocycles. The van der Waals surface area contributed by atoms with E-state index in [0.717, 1.165) is 25.2 Å². The van der Waals surface area contributed by atoms with Gasteiger partial charge in [-0.1, -0.05) is 13.0 Å². The topological polar surface area (TPSA) is 27.0 Å². The fourth-order valence-corrected chi connectivity index (χ4v) is 1.43. The maximum Gasteiger partial charge on any atom is 0.0992 e. The Kier molecular flexibility index (Phi) is 4.00. The van der Waals surface area contributed by atoms with E-state index >= 15 is 0 Å². The Balaban J connectivity index is 2.87. The molecule has 0 aromatic heterocycles. The molecule has 0 aliphatic rings. The van der Waals surface area contributed by atoms with Crippen molar-refractivity contribution in [3.8, 4) is 6.07 Å². The molecular weight excluding hydrogens is 172 g/mol. The predicted octanol–water partition coefficient (Wildman–Crippen LogP) is 2.61. The van der Waals surface area contributed by atoms with E-state index in [9.17, 15) is 0 Å². The van der Waals surface area contributed by atoms with Gasteiger partial charge in [-0.3, -0.25) is 0 Å². The second-order valence-corrected chi connectivity index (χ2v) is 3.10. The summed E-state index contributed by atoms with van der Waals surface area (Å²) < 4.78 is 0. The van der Waals surface area contributed by atoms with Gasteiger partial charge in [-0.2, -0.15) is 5.26 Å². The normalized spacial score (nSPS) is 9.50. The SMILES string of the molecule is [CH2]CCN(CC)c1cccc(C#N)c1. The lowest BCUT2D eigenvalue weighted by atomic mass is 10.2. The maximum atomic E-state index is 8.77. The van der Waals surface area contributed by atoms with Gasteiger partial charge in [0.05, 0.1) is 11.6 Å². The summed E-state index contributed by atoms with van der Waals surface area (Å²) in [6.45, 7) is 7.83. The van der Waals surface area contributed by atoms with Crippen molar-refractivity contribution in [3.63, 3.8) is 0 Å². The first-order chi connectivity index (χ1) is 6.81. The van der Waals surface area contributed by atoms with Crippen LogP contribution in [0, 0.1) is 18.3 Å². The first-order valence-corrected chi connectivity index (χ1v) is 4.86. The lowest BCUT2D eigenvalue weighted by Gasteiger charge is -2.22. The largest absolute Gasteiger partial charge is 0.372 e. The summed E-state index contributed by atoms with van der Waals surface area (Å²) in [4.78, 5) is 2.22. The molecule has 1 aromatic carbocycles. The van der Waals surface area contributed by atoms with Crippen LogP contribution >= 0.6 is 0 Å². The van der Waals surface area contributed by atoms with E-state index in [2.05, 4.69) is 24.8 Å². The van der Waals surface area contributed by atoms with Crippen molar-refractivity contribution in [2.24, 2.45) is 0 Å². The summed E-state index contributed by atoms with van der Waals surface area (Å²) in [5.41, 5.74) is 1.82. The third-order valence-electron chi connectivity index (χ3n) is 2.15. The highest BCUT2D eigenvalue weighted by atomic mass is 15.1. The van der Waals surface area contributed by atoms with Crippen LogP contribution in [0.25, 0.3) is 0 Å². The fraction of sp³-hybridized carbons (Fsp3) is 0.333. The summed E-state index contributed by atoms with van der Waals surface area (Å²) in [5, 5.41) is 8.77. The molecule has 2 heteroatoms. The van der Waals surface area contributed by atoms with Gasteiger partial charge in [0.25, 0.3) is 0 Å². The van der Waals surface area contributed by atoms with E-state index in [1.807, 2.05) is 24.3 Å². The molecule has 2 nitrogen and oxygen atoms in total. The summed E-state index contributed by atoms with van der Waals surface area (Å²) in [6.07, 6.45) is 0.880. The molecule has 0 fully saturated rings.